The van der Waals surface area contributed by atoms with Crippen LogP contribution in [0.1, 0.15) is 5.56 Å². The monoisotopic (exact) mass is 364 g/mol. The number of aromatic hydroxyl groups is 1. The molecule has 1 aliphatic rings. The maximum absolute atomic E-state index is 12.2. The number of hydrogen-bond acceptors (Lipinski definition) is 5. The Morgan fingerprint density at radius 3 is 2.59 bits per heavy atom. The maximum Gasteiger partial charge on any atom is 0.313 e. The van der Waals surface area contributed by atoms with Gasteiger partial charge >= 0.3 is 11.8 Å². The molecule has 0 fully saturated rings. The zero-order valence-electron chi connectivity index (χ0n) is 14.2. The zero-order valence-corrected chi connectivity index (χ0v) is 14.2. The molecule has 1 aliphatic heterocycles. The molecule has 0 saturated heterocycles. The second-order valence-corrected chi connectivity index (χ2v) is 6.00. The molecule has 3 aromatic carbocycles. The lowest BCUT2D eigenvalue weighted by molar-refractivity contribution is -0.136. The van der Waals surface area contributed by atoms with Crippen LogP contribution in [0.15, 0.2) is 54.6 Å². The molecular formula is C20H16N2O5. The Morgan fingerprint density at radius 1 is 0.926 bits per heavy atom. The van der Waals surface area contributed by atoms with Gasteiger partial charge in [-0.25, -0.2) is 0 Å². The molecule has 0 atom stereocenters. The predicted molar refractivity (Wildman–Crippen MR) is 98.7 cm³/mol. The van der Waals surface area contributed by atoms with Crippen LogP contribution >= 0.6 is 0 Å². The van der Waals surface area contributed by atoms with Gasteiger partial charge in [0.15, 0.2) is 11.5 Å². The van der Waals surface area contributed by atoms with E-state index in [1.165, 1.54) is 0 Å². The Bertz CT molecular complexity index is 1050. The molecule has 136 valence electrons. The van der Waals surface area contributed by atoms with Gasteiger partial charge in [-0.15, -0.1) is 0 Å². The zero-order chi connectivity index (χ0) is 18.8. The van der Waals surface area contributed by atoms with Crippen LogP contribution in [0.25, 0.3) is 10.8 Å². The van der Waals surface area contributed by atoms with Crippen LogP contribution in [0.3, 0.4) is 0 Å². The number of hydrogen-bond donors (Lipinski definition) is 3. The molecular weight excluding hydrogens is 348 g/mol. The highest BCUT2D eigenvalue weighted by Crippen LogP contribution is 2.32. The number of phenolic OH excluding ortho intramolecular Hbond substituents is 1. The Hall–Kier alpha value is -3.74. The fourth-order valence-electron chi connectivity index (χ4n) is 2.89. The molecule has 0 aliphatic carbocycles. The summed E-state index contributed by atoms with van der Waals surface area (Å²) >= 11 is 0. The van der Waals surface area contributed by atoms with Gasteiger partial charge in [0.25, 0.3) is 0 Å². The summed E-state index contributed by atoms with van der Waals surface area (Å²) in [6.07, 6.45) is 0. The summed E-state index contributed by atoms with van der Waals surface area (Å²) in [4.78, 5) is 24.3. The van der Waals surface area contributed by atoms with Gasteiger partial charge in [0.05, 0.1) is 0 Å². The van der Waals surface area contributed by atoms with Gasteiger partial charge in [0.1, 0.15) is 5.75 Å². The molecule has 0 aromatic heterocycles. The lowest BCUT2D eigenvalue weighted by Gasteiger charge is -2.10. The number of phenols is 1. The average molecular weight is 364 g/mol. The van der Waals surface area contributed by atoms with Gasteiger partial charge < -0.3 is 25.2 Å². The number of amides is 2. The van der Waals surface area contributed by atoms with Crippen LogP contribution in [0.4, 0.5) is 5.69 Å². The molecule has 7 heteroatoms. The summed E-state index contributed by atoms with van der Waals surface area (Å²) in [7, 11) is 0. The molecule has 0 radical (unpaired) electrons. The topological polar surface area (TPSA) is 96.9 Å². The number of rotatable bonds is 3. The molecule has 0 bridgehead atoms. The van der Waals surface area contributed by atoms with Crippen molar-refractivity contribution < 1.29 is 24.2 Å². The number of carbonyl (C=O) groups excluding carboxylic acids is 2. The quantitative estimate of drug-likeness (QED) is 0.621. The van der Waals surface area contributed by atoms with Crippen molar-refractivity contribution in [2.45, 2.75) is 6.54 Å². The fourth-order valence-corrected chi connectivity index (χ4v) is 2.89. The van der Waals surface area contributed by atoms with Crippen molar-refractivity contribution in [1.82, 2.24) is 5.32 Å². The van der Waals surface area contributed by atoms with Crippen LogP contribution in [0.2, 0.25) is 0 Å². The molecule has 0 spiro atoms. The van der Waals surface area contributed by atoms with Gasteiger partial charge in [0.2, 0.25) is 6.79 Å². The first-order valence-corrected chi connectivity index (χ1v) is 8.30. The van der Waals surface area contributed by atoms with Gasteiger partial charge in [-0.1, -0.05) is 30.3 Å². The predicted octanol–water partition coefficient (Wildman–Crippen LogP) is 2.53. The number of anilines is 1. The molecule has 27 heavy (non-hydrogen) atoms. The van der Waals surface area contributed by atoms with Crippen molar-refractivity contribution in [3.05, 3.63) is 60.2 Å². The molecule has 3 aromatic rings. The SMILES string of the molecule is O=C(NCc1ccc2c(c1)OCO2)C(=O)Nc1cccc2c(O)cccc12. The third kappa shape index (κ3) is 3.35. The van der Waals surface area contributed by atoms with Gasteiger partial charge in [-0.05, 0) is 29.8 Å². The minimum absolute atomic E-state index is 0.107. The van der Waals surface area contributed by atoms with Gasteiger partial charge in [-0.3, -0.25) is 9.59 Å². The van der Waals surface area contributed by atoms with Crippen LogP contribution in [-0.2, 0) is 16.1 Å². The first kappa shape index (κ1) is 16.7. The highest BCUT2D eigenvalue weighted by molar-refractivity contribution is 6.40. The first-order chi connectivity index (χ1) is 13.1. The highest BCUT2D eigenvalue weighted by Gasteiger charge is 2.17. The molecule has 3 N–H and O–H groups in total. The van der Waals surface area contributed by atoms with E-state index in [-0.39, 0.29) is 19.1 Å². The van der Waals surface area contributed by atoms with E-state index >= 15 is 0 Å². The van der Waals surface area contributed by atoms with Crippen LogP contribution < -0.4 is 20.1 Å². The summed E-state index contributed by atoms with van der Waals surface area (Å²) in [5.41, 5.74) is 1.24. The number of fused-ring (bicyclic) bond motifs is 2. The number of benzene rings is 3. The standard InChI is InChI=1S/C20H16N2O5/c23-16-6-2-3-13-14(16)4-1-5-15(13)22-20(25)19(24)21-10-12-7-8-17-18(9-12)27-11-26-17/h1-9,23H,10-11H2,(H,21,24)(H,22,25). The normalized spacial score (nSPS) is 12.0. The number of ether oxygens (including phenoxy) is 2. The Morgan fingerprint density at radius 2 is 1.70 bits per heavy atom. The minimum Gasteiger partial charge on any atom is -0.507 e. The largest absolute Gasteiger partial charge is 0.507 e. The Kier molecular flexibility index (Phi) is 4.25. The summed E-state index contributed by atoms with van der Waals surface area (Å²) in [5, 5.41) is 16.3. The smallest absolute Gasteiger partial charge is 0.313 e. The molecule has 0 saturated carbocycles. The Balaban J connectivity index is 1.43. The van der Waals surface area contributed by atoms with E-state index in [9.17, 15) is 14.7 Å². The van der Waals surface area contributed by atoms with E-state index in [1.807, 2.05) is 0 Å². The van der Waals surface area contributed by atoms with Crippen molar-refractivity contribution in [3.8, 4) is 17.2 Å². The van der Waals surface area contributed by atoms with Gasteiger partial charge in [0, 0.05) is 23.0 Å². The first-order valence-electron chi connectivity index (χ1n) is 8.30. The summed E-state index contributed by atoms with van der Waals surface area (Å²) in [6.45, 7) is 0.355. The van der Waals surface area contributed by atoms with Crippen molar-refractivity contribution in [1.29, 1.82) is 0 Å². The van der Waals surface area contributed by atoms with Crippen molar-refractivity contribution in [3.63, 3.8) is 0 Å². The van der Waals surface area contributed by atoms with Gasteiger partial charge in [-0.2, -0.15) is 0 Å². The fraction of sp³-hybridized carbons (Fsp3) is 0.100. The lowest BCUT2D eigenvalue weighted by atomic mass is 10.1. The van der Waals surface area contributed by atoms with E-state index in [1.54, 1.807) is 54.6 Å². The van der Waals surface area contributed by atoms with Crippen LogP contribution in [0, 0.1) is 0 Å². The third-order valence-electron chi connectivity index (χ3n) is 4.24. The van der Waals surface area contributed by atoms with E-state index in [0.29, 0.717) is 28.0 Å². The summed E-state index contributed by atoms with van der Waals surface area (Å²) in [6, 6.07) is 15.4. The maximum atomic E-state index is 12.2. The second kappa shape index (κ2) is 6.87. The highest BCUT2D eigenvalue weighted by atomic mass is 16.7. The second-order valence-electron chi connectivity index (χ2n) is 6.00. The van der Waals surface area contributed by atoms with E-state index in [0.717, 1.165) is 5.56 Å². The molecule has 0 unspecified atom stereocenters. The molecule has 2 amide bonds. The van der Waals surface area contributed by atoms with Crippen molar-refractivity contribution in [2.24, 2.45) is 0 Å². The van der Waals surface area contributed by atoms with Crippen LogP contribution in [-0.4, -0.2) is 23.7 Å². The van der Waals surface area contributed by atoms with E-state index in [4.69, 9.17) is 9.47 Å². The Labute approximate surface area is 154 Å². The molecule has 4 rings (SSSR count). The number of nitrogens with one attached hydrogen (secondary N) is 2. The van der Waals surface area contributed by atoms with Crippen LogP contribution in [0.5, 0.6) is 17.2 Å². The number of carbonyl (C=O) groups is 2. The van der Waals surface area contributed by atoms with E-state index in [2.05, 4.69) is 10.6 Å². The summed E-state index contributed by atoms with van der Waals surface area (Å²) in [5.74, 6) is -0.170. The summed E-state index contributed by atoms with van der Waals surface area (Å²) < 4.78 is 10.5. The van der Waals surface area contributed by atoms with Crippen molar-refractivity contribution >= 4 is 28.3 Å². The molecule has 7 nitrogen and oxygen atoms in total. The third-order valence-corrected chi connectivity index (χ3v) is 4.24. The molecule has 1 heterocycles. The van der Waals surface area contributed by atoms with Crippen molar-refractivity contribution in [2.75, 3.05) is 12.1 Å². The lowest BCUT2D eigenvalue weighted by Crippen LogP contribution is -2.35. The average Bonchev–Trinajstić information content (AvgIpc) is 3.14. The minimum atomic E-state index is -0.786. The van der Waals surface area contributed by atoms with E-state index < -0.39 is 11.8 Å².